The maximum Gasteiger partial charge on any atom is 0.435 e. The molecule has 0 fully saturated rings. The fraction of sp³-hybridized carbons (Fsp3) is 0.200. The number of anilines is 1. The van der Waals surface area contributed by atoms with Gasteiger partial charge >= 0.3 is 6.18 Å². The second-order valence-corrected chi connectivity index (χ2v) is 9.47. The average Bonchev–Trinajstić information content (AvgIpc) is 3.39. The van der Waals surface area contributed by atoms with Gasteiger partial charge in [0.2, 0.25) is 5.91 Å². The van der Waals surface area contributed by atoms with Gasteiger partial charge in [0.1, 0.15) is 0 Å². The van der Waals surface area contributed by atoms with E-state index in [4.69, 9.17) is 11.5 Å². The normalized spacial score (nSPS) is 12.6. The second kappa shape index (κ2) is 10.9. The molecular weight excluding hydrogens is 503 g/mol. The molecule has 0 saturated heterocycles. The number of carbonyl (C=O) groups excluding carboxylic acids is 1. The molecule has 6 nitrogen and oxygen atoms in total. The summed E-state index contributed by atoms with van der Waals surface area (Å²) in [7, 11) is 0. The Bertz CT molecular complexity index is 1630. The maximum absolute atomic E-state index is 13.7. The molecule has 0 aliphatic rings. The summed E-state index contributed by atoms with van der Waals surface area (Å²) in [6.07, 6.45) is -2.56. The van der Waals surface area contributed by atoms with Crippen molar-refractivity contribution in [3.63, 3.8) is 0 Å². The van der Waals surface area contributed by atoms with Gasteiger partial charge in [-0.05, 0) is 77.3 Å². The number of fused-ring (bicyclic) bond motifs is 3. The number of hydrogen-bond donors (Lipinski definition) is 3. The van der Waals surface area contributed by atoms with Crippen LogP contribution < -0.4 is 16.8 Å². The highest BCUT2D eigenvalue weighted by Crippen LogP contribution is 2.35. The third-order valence-electron chi connectivity index (χ3n) is 6.73. The predicted octanol–water partition coefficient (Wildman–Crippen LogP) is 6.26. The van der Waals surface area contributed by atoms with Crippen molar-refractivity contribution < 1.29 is 18.0 Å². The van der Waals surface area contributed by atoms with E-state index >= 15 is 0 Å². The Hall–Kier alpha value is -4.21. The van der Waals surface area contributed by atoms with E-state index in [2.05, 4.69) is 10.4 Å². The zero-order valence-electron chi connectivity index (χ0n) is 21.1. The van der Waals surface area contributed by atoms with Crippen molar-refractivity contribution in [2.24, 2.45) is 11.5 Å². The number of rotatable bonds is 8. The smallest absolute Gasteiger partial charge is 0.330 e. The van der Waals surface area contributed by atoms with Gasteiger partial charge in [-0.2, -0.15) is 18.3 Å². The molecule has 9 heteroatoms. The quantitative estimate of drug-likeness (QED) is 0.163. The lowest BCUT2D eigenvalue weighted by molar-refractivity contribution is -0.141. The molecular formula is C30H28F3N5O. The number of alkyl halides is 3. The van der Waals surface area contributed by atoms with Gasteiger partial charge in [-0.3, -0.25) is 4.79 Å². The number of nitrogens with two attached hydrogens (primary N) is 2. The van der Waals surface area contributed by atoms with E-state index in [1.165, 1.54) is 4.68 Å². The van der Waals surface area contributed by atoms with Crippen molar-refractivity contribution in [2.45, 2.75) is 31.5 Å². The number of carbonyl (C=O) groups is 1. The van der Waals surface area contributed by atoms with Crippen molar-refractivity contribution in [1.82, 2.24) is 9.78 Å². The Balaban J connectivity index is 1.47. The van der Waals surface area contributed by atoms with Gasteiger partial charge in [-0.15, -0.1) is 0 Å². The van der Waals surface area contributed by atoms with Crippen LogP contribution in [0.4, 0.5) is 18.9 Å². The SMILES string of the molecule is NCCCC[C@H](N)C(=O)Nc1ccc(-n2nc(C(F)(F)F)cc2-c2ccc3c(ccc4ccccc43)c2)cc1. The second-order valence-electron chi connectivity index (χ2n) is 9.47. The van der Waals surface area contributed by atoms with E-state index in [-0.39, 0.29) is 5.91 Å². The highest BCUT2D eigenvalue weighted by Gasteiger charge is 2.35. The minimum Gasteiger partial charge on any atom is -0.330 e. The summed E-state index contributed by atoms with van der Waals surface area (Å²) >= 11 is 0. The van der Waals surface area contributed by atoms with E-state index in [0.29, 0.717) is 35.6 Å². The summed E-state index contributed by atoms with van der Waals surface area (Å²) in [5, 5.41) is 10.7. The van der Waals surface area contributed by atoms with Crippen LogP contribution in [-0.2, 0) is 11.0 Å². The first-order valence-electron chi connectivity index (χ1n) is 12.7. The number of unbranched alkanes of at least 4 members (excludes halogenated alkanes) is 1. The number of halogens is 3. The molecule has 5 N–H and O–H groups in total. The molecule has 0 aliphatic carbocycles. The highest BCUT2D eigenvalue weighted by molar-refractivity contribution is 6.08. The number of nitrogens with one attached hydrogen (secondary N) is 1. The number of amides is 1. The lowest BCUT2D eigenvalue weighted by Gasteiger charge is -2.13. The van der Waals surface area contributed by atoms with Crippen LogP contribution in [0.1, 0.15) is 25.0 Å². The summed E-state index contributed by atoms with van der Waals surface area (Å²) in [6.45, 7) is 0.539. The van der Waals surface area contributed by atoms with Gasteiger partial charge < -0.3 is 16.8 Å². The third-order valence-corrected chi connectivity index (χ3v) is 6.73. The highest BCUT2D eigenvalue weighted by atomic mass is 19.4. The zero-order valence-corrected chi connectivity index (χ0v) is 21.1. The van der Waals surface area contributed by atoms with Gasteiger partial charge in [0.15, 0.2) is 5.69 Å². The first-order chi connectivity index (χ1) is 18.7. The van der Waals surface area contributed by atoms with Crippen LogP contribution in [0.25, 0.3) is 38.5 Å². The van der Waals surface area contributed by atoms with Gasteiger partial charge in [0, 0.05) is 11.3 Å². The lowest BCUT2D eigenvalue weighted by atomic mass is 9.99. The average molecular weight is 532 g/mol. The predicted molar refractivity (Wildman–Crippen MR) is 149 cm³/mol. The number of aromatic nitrogens is 2. The van der Waals surface area contributed by atoms with Crippen LogP contribution in [0.2, 0.25) is 0 Å². The Labute approximate surface area is 223 Å². The topological polar surface area (TPSA) is 99.0 Å². The third kappa shape index (κ3) is 5.64. The first kappa shape index (κ1) is 26.4. The summed E-state index contributed by atoms with van der Waals surface area (Å²) in [4.78, 5) is 12.4. The van der Waals surface area contributed by atoms with Crippen molar-refractivity contribution in [3.05, 3.63) is 90.6 Å². The van der Waals surface area contributed by atoms with Crippen molar-refractivity contribution in [1.29, 1.82) is 0 Å². The Morgan fingerprint density at radius 3 is 2.36 bits per heavy atom. The van der Waals surface area contributed by atoms with E-state index in [0.717, 1.165) is 40.5 Å². The summed E-state index contributed by atoms with van der Waals surface area (Å²) in [5.41, 5.74) is 12.3. The molecule has 39 heavy (non-hydrogen) atoms. The molecule has 0 radical (unpaired) electrons. The van der Waals surface area contributed by atoms with Gasteiger partial charge in [-0.1, -0.05) is 55.0 Å². The minimum absolute atomic E-state index is 0.302. The molecule has 1 amide bonds. The molecule has 200 valence electrons. The molecule has 4 aromatic carbocycles. The number of nitrogens with zero attached hydrogens (tertiary/aromatic N) is 2. The number of benzene rings is 4. The van der Waals surface area contributed by atoms with E-state index in [1.807, 2.05) is 54.6 Å². The Kier molecular flexibility index (Phi) is 7.36. The molecule has 5 aromatic rings. The van der Waals surface area contributed by atoms with Gasteiger partial charge in [0.25, 0.3) is 0 Å². The fourth-order valence-electron chi connectivity index (χ4n) is 4.66. The lowest BCUT2D eigenvalue weighted by Crippen LogP contribution is -2.35. The summed E-state index contributed by atoms with van der Waals surface area (Å²) < 4.78 is 42.4. The molecule has 0 unspecified atom stereocenters. The molecule has 0 aliphatic heterocycles. The largest absolute Gasteiger partial charge is 0.435 e. The van der Waals surface area contributed by atoms with Crippen molar-refractivity contribution in [2.75, 3.05) is 11.9 Å². The van der Waals surface area contributed by atoms with Crippen LogP contribution >= 0.6 is 0 Å². The molecule has 0 bridgehead atoms. The molecule has 0 spiro atoms. The fourth-order valence-corrected chi connectivity index (χ4v) is 4.66. The first-order valence-corrected chi connectivity index (χ1v) is 12.7. The molecule has 0 saturated carbocycles. The van der Waals surface area contributed by atoms with Crippen molar-refractivity contribution >= 4 is 33.1 Å². The molecule has 1 atom stereocenters. The van der Waals surface area contributed by atoms with Crippen molar-refractivity contribution in [3.8, 4) is 16.9 Å². The monoisotopic (exact) mass is 531 g/mol. The number of hydrogen-bond acceptors (Lipinski definition) is 4. The molecule has 1 aromatic heterocycles. The van der Waals surface area contributed by atoms with Crippen LogP contribution in [0.15, 0.2) is 84.9 Å². The van der Waals surface area contributed by atoms with Gasteiger partial charge in [-0.25, -0.2) is 4.68 Å². The minimum atomic E-state index is -4.61. The summed E-state index contributed by atoms with van der Waals surface area (Å²) in [6, 6.07) is 24.4. The Morgan fingerprint density at radius 1 is 0.897 bits per heavy atom. The van der Waals surface area contributed by atoms with Crippen LogP contribution in [0.3, 0.4) is 0 Å². The van der Waals surface area contributed by atoms with E-state index < -0.39 is 17.9 Å². The zero-order chi connectivity index (χ0) is 27.6. The van der Waals surface area contributed by atoms with E-state index in [9.17, 15) is 18.0 Å². The van der Waals surface area contributed by atoms with Crippen LogP contribution in [0.5, 0.6) is 0 Å². The maximum atomic E-state index is 13.7. The molecule has 5 rings (SSSR count). The Morgan fingerprint density at radius 2 is 1.62 bits per heavy atom. The summed E-state index contributed by atoms with van der Waals surface area (Å²) in [5.74, 6) is -0.331. The van der Waals surface area contributed by atoms with E-state index in [1.54, 1.807) is 24.3 Å². The molecule has 1 heterocycles. The standard InChI is InChI=1S/C30H28F3N5O/c31-30(32,33)28-18-27(21-10-15-25-20(17-21)9-8-19-5-1-2-6-24(19)25)38(37-28)23-13-11-22(12-14-23)36-29(39)26(35)7-3-4-16-34/h1-2,5-6,8-15,17-18,26H,3-4,7,16,34-35H2,(H,36,39)/t26-/m0/s1. The van der Waals surface area contributed by atoms with Crippen LogP contribution in [0, 0.1) is 0 Å². The van der Waals surface area contributed by atoms with Crippen LogP contribution in [-0.4, -0.2) is 28.3 Å². The van der Waals surface area contributed by atoms with Gasteiger partial charge in [0.05, 0.1) is 17.4 Å².